The minimum absolute atomic E-state index is 0. The van der Waals surface area contributed by atoms with Crippen LogP contribution >= 0.6 is 24.8 Å². The van der Waals surface area contributed by atoms with E-state index >= 15 is 0 Å². The van der Waals surface area contributed by atoms with Crippen LogP contribution < -0.4 is 16.4 Å². The van der Waals surface area contributed by atoms with Crippen molar-refractivity contribution in [1.82, 2.24) is 20.6 Å². The maximum atomic E-state index is 12.5. The number of nitrogens with one attached hydrogen (secondary N) is 3. The summed E-state index contributed by atoms with van der Waals surface area (Å²) in [7, 11) is 0. The van der Waals surface area contributed by atoms with E-state index in [2.05, 4.69) is 27.5 Å². The molecule has 0 radical (unpaired) electrons. The number of aromatic amines is 1. The average molecular weight is 541 g/mol. The van der Waals surface area contributed by atoms with Crippen molar-refractivity contribution in [3.8, 4) is 0 Å². The molecular weight excluding hydrogens is 497 g/mol. The van der Waals surface area contributed by atoms with Gasteiger partial charge in [-0.05, 0) is 6.42 Å². The number of nitrogens with zero attached hydrogens (tertiary/aromatic N) is 1. The Morgan fingerprint density at radius 1 is 1.03 bits per heavy atom. The van der Waals surface area contributed by atoms with Crippen LogP contribution in [-0.2, 0) is 30.3 Å². The number of H-pyrrole nitrogens is 1. The molecule has 1 aromatic heterocycles. The van der Waals surface area contributed by atoms with E-state index in [1.54, 1.807) is 6.20 Å². The van der Waals surface area contributed by atoms with E-state index < -0.39 is 6.04 Å². The summed E-state index contributed by atoms with van der Waals surface area (Å²) < 4.78 is 10.6. The molecular formula is C23H43Cl2N5O5. The highest BCUT2D eigenvalue weighted by atomic mass is 35.5. The van der Waals surface area contributed by atoms with Crippen molar-refractivity contribution in [3.05, 3.63) is 18.2 Å². The van der Waals surface area contributed by atoms with Gasteiger partial charge in [0.05, 0.1) is 19.5 Å². The summed E-state index contributed by atoms with van der Waals surface area (Å²) in [6.07, 6.45) is 12.1. The largest absolute Gasteiger partial charge is 0.463 e. The molecule has 1 heterocycles. The number of nitrogens with two attached hydrogens (primary N) is 1. The number of rotatable bonds is 20. The first kappa shape index (κ1) is 35.3. The Morgan fingerprint density at radius 2 is 1.74 bits per heavy atom. The van der Waals surface area contributed by atoms with Crippen LogP contribution in [0.2, 0.25) is 0 Å². The van der Waals surface area contributed by atoms with E-state index in [0.29, 0.717) is 6.42 Å². The van der Waals surface area contributed by atoms with Crippen molar-refractivity contribution in [2.45, 2.75) is 77.2 Å². The minimum atomic E-state index is -0.739. The lowest BCUT2D eigenvalue weighted by molar-refractivity contribution is -0.145. The summed E-state index contributed by atoms with van der Waals surface area (Å²) in [4.78, 5) is 42.9. The number of esters is 1. The first-order valence-corrected chi connectivity index (χ1v) is 12.0. The molecule has 1 rings (SSSR count). The lowest BCUT2D eigenvalue weighted by Gasteiger charge is -2.18. The van der Waals surface area contributed by atoms with Crippen LogP contribution in [0.15, 0.2) is 12.5 Å². The number of hydrogen-bond acceptors (Lipinski definition) is 7. The second-order valence-electron chi connectivity index (χ2n) is 7.93. The van der Waals surface area contributed by atoms with Crippen molar-refractivity contribution >= 4 is 42.6 Å². The first-order chi connectivity index (χ1) is 16.1. The smallest absolute Gasteiger partial charge is 0.305 e. The molecule has 0 aliphatic carbocycles. The molecule has 12 heteroatoms. The monoisotopic (exact) mass is 539 g/mol. The van der Waals surface area contributed by atoms with Gasteiger partial charge in [-0.1, -0.05) is 45.4 Å². The molecule has 0 aliphatic heterocycles. The highest BCUT2D eigenvalue weighted by Crippen LogP contribution is 2.08. The Balaban J connectivity index is 0. The fourth-order valence-electron chi connectivity index (χ4n) is 3.21. The molecule has 35 heavy (non-hydrogen) atoms. The van der Waals surface area contributed by atoms with E-state index in [0.717, 1.165) is 18.5 Å². The molecule has 0 saturated carbocycles. The molecule has 0 spiro atoms. The molecule has 0 aromatic carbocycles. The van der Waals surface area contributed by atoms with Gasteiger partial charge in [-0.3, -0.25) is 14.4 Å². The maximum Gasteiger partial charge on any atom is 0.305 e. The highest BCUT2D eigenvalue weighted by molar-refractivity contribution is 5.87. The average Bonchev–Trinajstić information content (AvgIpc) is 3.30. The maximum absolute atomic E-state index is 12.5. The standard InChI is InChI=1S/C23H41N5O5.2ClH/c1-2-3-4-5-6-7-8-9-22(30)33-15-14-32-13-12-26-23(31)20(28-21(29)10-11-24)16-19-17-25-18-27-19;;/h17-18,20H,2-16,24H2,1H3,(H,25,27)(H,26,31)(H,28,29);2*1H/t20-;;/m0../s1. The molecule has 0 aliphatic rings. The van der Waals surface area contributed by atoms with E-state index in [4.69, 9.17) is 15.2 Å². The fraction of sp³-hybridized carbons (Fsp3) is 0.739. The van der Waals surface area contributed by atoms with Crippen LogP contribution in [0.5, 0.6) is 0 Å². The zero-order chi connectivity index (χ0) is 24.2. The van der Waals surface area contributed by atoms with Crippen LogP contribution in [0.4, 0.5) is 0 Å². The van der Waals surface area contributed by atoms with Crippen molar-refractivity contribution in [2.75, 3.05) is 32.9 Å². The number of hydrogen-bond donors (Lipinski definition) is 4. The van der Waals surface area contributed by atoms with Crippen molar-refractivity contribution < 1.29 is 23.9 Å². The molecule has 204 valence electrons. The van der Waals surface area contributed by atoms with E-state index in [9.17, 15) is 14.4 Å². The minimum Gasteiger partial charge on any atom is -0.463 e. The Morgan fingerprint density at radius 3 is 2.40 bits per heavy atom. The van der Waals surface area contributed by atoms with Crippen LogP contribution in [0.1, 0.15) is 70.4 Å². The molecule has 5 N–H and O–H groups in total. The number of carbonyl (C=O) groups is 3. The van der Waals surface area contributed by atoms with Crippen molar-refractivity contribution in [1.29, 1.82) is 0 Å². The lowest BCUT2D eigenvalue weighted by atomic mass is 10.1. The number of ether oxygens (including phenoxy) is 2. The van der Waals surface area contributed by atoms with Gasteiger partial charge in [-0.25, -0.2) is 4.98 Å². The van der Waals surface area contributed by atoms with E-state index in [1.807, 2.05) is 0 Å². The van der Waals surface area contributed by atoms with Gasteiger partial charge in [0, 0.05) is 44.2 Å². The van der Waals surface area contributed by atoms with Gasteiger partial charge in [0.25, 0.3) is 0 Å². The number of imidazole rings is 1. The van der Waals surface area contributed by atoms with Gasteiger partial charge in [-0.2, -0.15) is 0 Å². The molecule has 1 atom stereocenters. The molecule has 0 bridgehead atoms. The van der Waals surface area contributed by atoms with Crippen LogP contribution in [-0.4, -0.2) is 66.7 Å². The van der Waals surface area contributed by atoms with Gasteiger partial charge in [-0.15, -0.1) is 24.8 Å². The molecule has 0 saturated heterocycles. The second-order valence-corrected chi connectivity index (χ2v) is 7.93. The Kier molecular flexibility index (Phi) is 24.0. The van der Waals surface area contributed by atoms with Crippen LogP contribution in [0, 0.1) is 0 Å². The van der Waals surface area contributed by atoms with Crippen LogP contribution in [0.3, 0.4) is 0 Å². The van der Waals surface area contributed by atoms with Gasteiger partial charge in [0.2, 0.25) is 11.8 Å². The summed E-state index contributed by atoms with van der Waals surface area (Å²) >= 11 is 0. The van der Waals surface area contributed by atoms with Gasteiger partial charge < -0.3 is 30.8 Å². The molecule has 1 aromatic rings. The van der Waals surface area contributed by atoms with Crippen LogP contribution in [0.25, 0.3) is 0 Å². The molecule has 0 unspecified atom stereocenters. The van der Waals surface area contributed by atoms with E-state index in [1.165, 1.54) is 38.4 Å². The van der Waals surface area contributed by atoms with Crippen molar-refractivity contribution in [2.24, 2.45) is 5.73 Å². The number of aromatic nitrogens is 2. The van der Waals surface area contributed by atoms with Gasteiger partial charge in [0.1, 0.15) is 12.6 Å². The fourth-order valence-corrected chi connectivity index (χ4v) is 3.21. The van der Waals surface area contributed by atoms with Crippen molar-refractivity contribution in [3.63, 3.8) is 0 Å². The van der Waals surface area contributed by atoms with Gasteiger partial charge >= 0.3 is 5.97 Å². The number of amides is 2. The summed E-state index contributed by atoms with van der Waals surface area (Å²) in [5.74, 6) is -0.804. The quantitative estimate of drug-likeness (QED) is 0.147. The Hall–Kier alpha value is -1.88. The number of unbranched alkanes of at least 4 members (excludes halogenated alkanes) is 6. The van der Waals surface area contributed by atoms with Gasteiger partial charge in [0.15, 0.2) is 0 Å². The third kappa shape index (κ3) is 19.0. The predicted molar refractivity (Wildman–Crippen MR) is 140 cm³/mol. The molecule has 0 fully saturated rings. The zero-order valence-corrected chi connectivity index (χ0v) is 22.4. The first-order valence-electron chi connectivity index (χ1n) is 12.0. The Bertz CT molecular complexity index is 665. The molecule has 10 nitrogen and oxygen atoms in total. The van der Waals surface area contributed by atoms with E-state index in [-0.39, 0.29) is 88.3 Å². The summed E-state index contributed by atoms with van der Waals surface area (Å²) in [6, 6.07) is -0.739. The summed E-state index contributed by atoms with van der Waals surface area (Å²) in [5, 5.41) is 5.43. The summed E-state index contributed by atoms with van der Waals surface area (Å²) in [5.41, 5.74) is 6.13. The Labute approximate surface area is 221 Å². The summed E-state index contributed by atoms with van der Waals surface area (Å²) in [6.45, 7) is 3.42. The topological polar surface area (TPSA) is 148 Å². The zero-order valence-electron chi connectivity index (χ0n) is 20.7. The second kappa shape index (κ2) is 23.8. The normalized spacial score (nSPS) is 11.0. The number of halogens is 2. The predicted octanol–water partition coefficient (Wildman–Crippen LogP) is 2.45. The number of carbonyl (C=O) groups excluding carboxylic acids is 3. The SMILES string of the molecule is CCCCCCCCCC(=O)OCCOCCNC(=O)[C@H](Cc1cnc[nH]1)NC(=O)CCN.Cl.Cl. The third-order valence-corrected chi connectivity index (χ3v) is 5.02. The highest BCUT2D eigenvalue weighted by Gasteiger charge is 2.21. The lowest BCUT2D eigenvalue weighted by Crippen LogP contribution is -2.49. The third-order valence-electron chi connectivity index (χ3n) is 5.02. The molecule has 2 amide bonds.